The molecule has 0 aliphatic heterocycles. The third kappa shape index (κ3) is 3.18. The van der Waals surface area contributed by atoms with Crippen LogP contribution in [0.3, 0.4) is 0 Å². The number of carbonyl (C=O) groups excluding carboxylic acids is 2. The Morgan fingerprint density at radius 3 is 2.17 bits per heavy atom. The van der Waals surface area contributed by atoms with Gasteiger partial charge in [0.25, 0.3) is 0 Å². The third-order valence-electron chi connectivity index (χ3n) is 4.36. The van der Waals surface area contributed by atoms with E-state index in [0.717, 1.165) is 22.3 Å². The van der Waals surface area contributed by atoms with Crippen LogP contribution in [0.5, 0.6) is 0 Å². The van der Waals surface area contributed by atoms with Crippen molar-refractivity contribution >= 4 is 18.0 Å². The standard InChI is InChI=1S/C20H22O4/c1-5-17-14(2)12-20(18(21)23-3,19(22)24-4)13-16(17)11-15-9-7-6-8-10-15/h5-11H,1,12-13H2,2-4H3/b16-11-. The quantitative estimate of drug-likeness (QED) is 0.625. The van der Waals surface area contributed by atoms with E-state index in [1.807, 2.05) is 43.3 Å². The van der Waals surface area contributed by atoms with Crippen molar-refractivity contribution in [2.45, 2.75) is 19.8 Å². The van der Waals surface area contributed by atoms with Crippen molar-refractivity contribution in [1.82, 2.24) is 0 Å². The molecule has 24 heavy (non-hydrogen) atoms. The lowest BCUT2D eigenvalue weighted by molar-refractivity contribution is -0.169. The molecule has 0 saturated carbocycles. The Bertz CT molecular complexity index is 694. The number of allylic oxidation sites excluding steroid dienone is 4. The summed E-state index contributed by atoms with van der Waals surface area (Å²) >= 11 is 0. The van der Waals surface area contributed by atoms with Crippen LogP contribution in [-0.2, 0) is 19.1 Å². The van der Waals surface area contributed by atoms with E-state index in [1.54, 1.807) is 6.08 Å². The summed E-state index contributed by atoms with van der Waals surface area (Å²) in [7, 11) is 2.57. The Kier molecular flexibility index (Phi) is 5.39. The molecule has 0 fully saturated rings. The van der Waals surface area contributed by atoms with Gasteiger partial charge in [-0.3, -0.25) is 9.59 Å². The van der Waals surface area contributed by atoms with E-state index in [9.17, 15) is 9.59 Å². The van der Waals surface area contributed by atoms with Crippen molar-refractivity contribution in [2.24, 2.45) is 5.41 Å². The van der Waals surface area contributed by atoms with Crippen LogP contribution >= 0.6 is 0 Å². The molecule has 1 aromatic rings. The van der Waals surface area contributed by atoms with Gasteiger partial charge < -0.3 is 9.47 Å². The van der Waals surface area contributed by atoms with E-state index in [1.165, 1.54) is 14.2 Å². The summed E-state index contributed by atoms with van der Waals surface area (Å²) in [6.07, 6.45) is 4.22. The van der Waals surface area contributed by atoms with Crippen LogP contribution in [0, 0.1) is 5.41 Å². The monoisotopic (exact) mass is 326 g/mol. The van der Waals surface area contributed by atoms with Crippen molar-refractivity contribution in [3.63, 3.8) is 0 Å². The van der Waals surface area contributed by atoms with Gasteiger partial charge >= 0.3 is 11.9 Å². The minimum Gasteiger partial charge on any atom is -0.468 e. The van der Waals surface area contributed by atoms with Gasteiger partial charge in [0.1, 0.15) is 0 Å². The predicted molar refractivity (Wildman–Crippen MR) is 93.0 cm³/mol. The molecule has 126 valence electrons. The average molecular weight is 326 g/mol. The average Bonchev–Trinajstić information content (AvgIpc) is 2.60. The van der Waals surface area contributed by atoms with Crippen LogP contribution in [-0.4, -0.2) is 26.2 Å². The molecule has 0 amide bonds. The summed E-state index contributed by atoms with van der Waals surface area (Å²) in [4.78, 5) is 24.9. The molecular formula is C20H22O4. The minimum absolute atomic E-state index is 0.222. The highest BCUT2D eigenvalue weighted by atomic mass is 16.5. The lowest BCUT2D eigenvalue weighted by Crippen LogP contribution is -2.43. The SMILES string of the molecule is C=CC1=C(C)CC(C(=O)OC)(C(=O)OC)C/C1=C/c1ccccc1. The van der Waals surface area contributed by atoms with E-state index in [-0.39, 0.29) is 12.8 Å². The van der Waals surface area contributed by atoms with Crippen LogP contribution in [0.15, 0.2) is 59.7 Å². The second kappa shape index (κ2) is 7.30. The normalized spacial score (nSPS) is 18.2. The Hall–Kier alpha value is -2.62. The molecule has 0 heterocycles. The second-order valence-electron chi connectivity index (χ2n) is 5.90. The van der Waals surface area contributed by atoms with E-state index in [2.05, 4.69) is 6.58 Å². The maximum absolute atomic E-state index is 12.4. The van der Waals surface area contributed by atoms with Crippen LogP contribution in [0.25, 0.3) is 6.08 Å². The summed E-state index contributed by atoms with van der Waals surface area (Å²) in [5.74, 6) is -1.15. The molecule has 0 saturated heterocycles. The fraction of sp³-hybridized carbons (Fsp3) is 0.300. The molecule has 0 radical (unpaired) electrons. The summed E-state index contributed by atoms with van der Waals surface area (Å²) in [6.45, 7) is 5.77. The molecular weight excluding hydrogens is 304 g/mol. The first-order chi connectivity index (χ1) is 11.5. The number of hydrogen-bond acceptors (Lipinski definition) is 4. The smallest absolute Gasteiger partial charge is 0.323 e. The molecule has 0 aromatic heterocycles. The van der Waals surface area contributed by atoms with Crippen LogP contribution in [0.4, 0.5) is 0 Å². The van der Waals surface area contributed by atoms with Crippen LogP contribution in [0.1, 0.15) is 25.3 Å². The molecule has 0 unspecified atom stereocenters. The number of esters is 2. The van der Waals surface area contributed by atoms with E-state index >= 15 is 0 Å². The molecule has 1 aromatic carbocycles. The van der Waals surface area contributed by atoms with Crippen molar-refractivity contribution in [3.05, 3.63) is 65.3 Å². The van der Waals surface area contributed by atoms with Gasteiger partial charge in [0.2, 0.25) is 0 Å². The number of methoxy groups -OCH3 is 2. The first kappa shape index (κ1) is 17.7. The number of hydrogen-bond donors (Lipinski definition) is 0. The second-order valence-corrected chi connectivity index (χ2v) is 5.90. The highest BCUT2D eigenvalue weighted by Gasteiger charge is 2.51. The molecule has 0 atom stereocenters. The molecule has 2 rings (SSSR count). The van der Waals surface area contributed by atoms with Gasteiger partial charge in [-0.15, -0.1) is 0 Å². The van der Waals surface area contributed by atoms with Crippen LogP contribution in [0.2, 0.25) is 0 Å². The maximum Gasteiger partial charge on any atom is 0.323 e. The van der Waals surface area contributed by atoms with Gasteiger partial charge in [-0.2, -0.15) is 0 Å². The Balaban J connectivity index is 2.59. The van der Waals surface area contributed by atoms with Crippen molar-refractivity contribution < 1.29 is 19.1 Å². The van der Waals surface area contributed by atoms with E-state index in [4.69, 9.17) is 9.47 Å². The lowest BCUT2D eigenvalue weighted by Gasteiger charge is -2.34. The van der Waals surface area contributed by atoms with E-state index < -0.39 is 17.4 Å². The van der Waals surface area contributed by atoms with Gasteiger partial charge in [-0.1, -0.05) is 54.6 Å². The third-order valence-corrected chi connectivity index (χ3v) is 4.36. The molecule has 0 spiro atoms. The van der Waals surface area contributed by atoms with Gasteiger partial charge in [-0.05, 0) is 30.1 Å². The number of ether oxygens (including phenoxy) is 2. The number of rotatable bonds is 4. The van der Waals surface area contributed by atoms with Gasteiger partial charge in [-0.25, -0.2) is 0 Å². The molecule has 0 bridgehead atoms. The summed E-state index contributed by atoms with van der Waals surface area (Å²) in [5, 5.41) is 0. The molecule has 1 aliphatic carbocycles. The van der Waals surface area contributed by atoms with Crippen molar-refractivity contribution in [1.29, 1.82) is 0 Å². The zero-order valence-corrected chi connectivity index (χ0v) is 14.3. The first-order valence-electron chi connectivity index (χ1n) is 7.73. The maximum atomic E-state index is 12.4. The molecule has 0 N–H and O–H groups in total. The fourth-order valence-corrected chi connectivity index (χ4v) is 3.25. The molecule has 4 heteroatoms. The van der Waals surface area contributed by atoms with Gasteiger partial charge in [0.05, 0.1) is 14.2 Å². The minimum atomic E-state index is -1.35. The number of benzene rings is 1. The summed E-state index contributed by atoms with van der Waals surface area (Å²) in [6, 6.07) is 9.75. The zero-order chi connectivity index (χ0) is 17.7. The highest BCUT2D eigenvalue weighted by Crippen LogP contribution is 2.45. The summed E-state index contributed by atoms with van der Waals surface area (Å²) < 4.78 is 9.83. The van der Waals surface area contributed by atoms with Crippen molar-refractivity contribution in [2.75, 3.05) is 14.2 Å². The van der Waals surface area contributed by atoms with Gasteiger partial charge in [0, 0.05) is 6.42 Å². The highest BCUT2D eigenvalue weighted by molar-refractivity contribution is 6.01. The van der Waals surface area contributed by atoms with Crippen LogP contribution < -0.4 is 0 Å². The largest absolute Gasteiger partial charge is 0.468 e. The zero-order valence-electron chi connectivity index (χ0n) is 14.3. The molecule has 4 nitrogen and oxygen atoms in total. The lowest BCUT2D eigenvalue weighted by atomic mass is 9.69. The van der Waals surface area contributed by atoms with E-state index in [0.29, 0.717) is 0 Å². The Morgan fingerprint density at radius 1 is 1.08 bits per heavy atom. The predicted octanol–water partition coefficient (Wildman–Crippen LogP) is 3.70. The fourth-order valence-electron chi connectivity index (χ4n) is 3.25. The Labute approximate surface area is 142 Å². The summed E-state index contributed by atoms with van der Waals surface area (Å²) in [5.41, 5.74) is 2.39. The number of carbonyl (C=O) groups is 2. The van der Waals surface area contributed by atoms with Gasteiger partial charge in [0.15, 0.2) is 5.41 Å². The Morgan fingerprint density at radius 2 is 1.67 bits per heavy atom. The van der Waals surface area contributed by atoms with Crippen molar-refractivity contribution in [3.8, 4) is 0 Å². The first-order valence-corrected chi connectivity index (χ1v) is 7.73. The topological polar surface area (TPSA) is 52.6 Å². The molecule has 1 aliphatic rings.